The lowest BCUT2D eigenvalue weighted by Gasteiger charge is -2.36. The van der Waals surface area contributed by atoms with Gasteiger partial charge in [0.15, 0.2) is 0 Å². The molecule has 5 nitrogen and oxygen atoms in total. The maximum Gasteiger partial charge on any atom is 0.253 e. The molecule has 0 N–H and O–H groups in total. The number of nitrogens with zero attached hydrogens (tertiary/aromatic N) is 4. The van der Waals surface area contributed by atoms with Crippen LogP contribution in [0, 0.1) is 0 Å². The molecule has 30 heavy (non-hydrogen) atoms. The molecule has 4 rings (SSSR count). The maximum absolute atomic E-state index is 12.8. The van der Waals surface area contributed by atoms with Gasteiger partial charge in [0, 0.05) is 75.2 Å². The van der Waals surface area contributed by atoms with E-state index in [1.54, 1.807) is 0 Å². The van der Waals surface area contributed by atoms with Crippen LogP contribution in [-0.2, 0) is 6.54 Å². The Morgan fingerprint density at radius 3 is 2.00 bits per heavy atom. The van der Waals surface area contributed by atoms with Crippen molar-refractivity contribution in [3.63, 3.8) is 0 Å². The van der Waals surface area contributed by atoms with E-state index in [2.05, 4.69) is 45.9 Å². The van der Waals surface area contributed by atoms with Crippen LogP contribution in [0.15, 0.2) is 48.5 Å². The van der Waals surface area contributed by atoms with Crippen molar-refractivity contribution in [2.45, 2.75) is 13.5 Å². The number of anilines is 1. The fourth-order valence-electron chi connectivity index (χ4n) is 4.28. The van der Waals surface area contributed by atoms with Crippen molar-refractivity contribution < 1.29 is 4.79 Å². The van der Waals surface area contributed by atoms with Crippen LogP contribution in [0.25, 0.3) is 0 Å². The number of hydrogen-bond donors (Lipinski definition) is 0. The normalized spacial score (nSPS) is 18.6. The summed E-state index contributed by atoms with van der Waals surface area (Å²) in [6, 6.07) is 16.3. The van der Waals surface area contributed by atoms with E-state index in [0.717, 1.165) is 76.0 Å². The molecule has 2 saturated heterocycles. The maximum atomic E-state index is 12.8. The quantitative estimate of drug-likeness (QED) is 0.732. The average molecular weight is 427 g/mol. The number of amides is 1. The molecule has 2 aliphatic rings. The van der Waals surface area contributed by atoms with Gasteiger partial charge in [-0.15, -0.1) is 0 Å². The topological polar surface area (TPSA) is 30.0 Å². The van der Waals surface area contributed by atoms with Gasteiger partial charge in [0.05, 0.1) is 0 Å². The van der Waals surface area contributed by atoms with Crippen LogP contribution in [0.3, 0.4) is 0 Å². The third kappa shape index (κ3) is 5.15. The largest absolute Gasteiger partial charge is 0.369 e. The van der Waals surface area contributed by atoms with Crippen LogP contribution in [0.4, 0.5) is 5.69 Å². The summed E-state index contributed by atoms with van der Waals surface area (Å²) in [5.74, 6) is 0.161. The molecule has 0 radical (unpaired) electrons. The molecule has 2 fully saturated rings. The van der Waals surface area contributed by atoms with Crippen LogP contribution < -0.4 is 4.90 Å². The Kier molecular flexibility index (Phi) is 6.93. The molecule has 0 aliphatic carbocycles. The van der Waals surface area contributed by atoms with Gasteiger partial charge in [-0.3, -0.25) is 9.69 Å². The first-order valence-electron chi connectivity index (χ1n) is 11.0. The van der Waals surface area contributed by atoms with Crippen LogP contribution >= 0.6 is 11.6 Å². The number of carbonyl (C=O) groups excluding carboxylic acids is 1. The summed E-state index contributed by atoms with van der Waals surface area (Å²) in [4.78, 5) is 22.0. The van der Waals surface area contributed by atoms with E-state index in [-0.39, 0.29) is 5.91 Å². The van der Waals surface area contributed by atoms with Crippen LogP contribution in [0.5, 0.6) is 0 Å². The molecule has 160 valence electrons. The van der Waals surface area contributed by atoms with Crippen LogP contribution in [-0.4, -0.2) is 79.5 Å². The molecule has 0 atom stereocenters. The van der Waals surface area contributed by atoms with Gasteiger partial charge in [-0.2, -0.15) is 0 Å². The molecule has 0 unspecified atom stereocenters. The number of rotatable bonds is 5. The number of piperazine rings is 2. The highest BCUT2D eigenvalue weighted by Gasteiger charge is 2.21. The van der Waals surface area contributed by atoms with Gasteiger partial charge in [-0.1, -0.05) is 30.7 Å². The second kappa shape index (κ2) is 9.82. The summed E-state index contributed by atoms with van der Waals surface area (Å²) in [6.07, 6.45) is 0. The van der Waals surface area contributed by atoms with E-state index < -0.39 is 0 Å². The van der Waals surface area contributed by atoms with E-state index in [4.69, 9.17) is 11.6 Å². The van der Waals surface area contributed by atoms with E-state index in [0.29, 0.717) is 0 Å². The SMILES string of the molecule is CCN1CCN(C(=O)c2ccc(CN3CCN(c4ccc(Cl)cc4)CC3)cc2)CC1. The summed E-state index contributed by atoms with van der Waals surface area (Å²) >= 11 is 6.00. The van der Waals surface area contributed by atoms with Crippen molar-refractivity contribution in [1.82, 2.24) is 14.7 Å². The Bertz CT molecular complexity index is 823. The minimum atomic E-state index is 0.161. The van der Waals surface area contributed by atoms with Crippen molar-refractivity contribution in [2.24, 2.45) is 0 Å². The third-order valence-corrected chi connectivity index (χ3v) is 6.53. The lowest BCUT2D eigenvalue weighted by molar-refractivity contribution is 0.0643. The molecule has 1 amide bonds. The van der Waals surface area contributed by atoms with E-state index in [1.807, 2.05) is 29.2 Å². The Hall–Kier alpha value is -2.08. The Morgan fingerprint density at radius 1 is 0.800 bits per heavy atom. The first-order chi connectivity index (χ1) is 14.6. The monoisotopic (exact) mass is 426 g/mol. The van der Waals surface area contributed by atoms with Gasteiger partial charge >= 0.3 is 0 Å². The molecule has 2 heterocycles. The number of carbonyl (C=O) groups is 1. The number of likely N-dealkylation sites (N-methyl/N-ethyl adjacent to an activating group) is 1. The van der Waals surface area contributed by atoms with Gasteiger partial charge in [-0.05, 0) is 48.5 Å². The second-order valence-electron chi connectivity index (χ2n) is 8.16. The first kappa shape index (κ1) is 21.2. The molecule has 2 aromatic rings. The highest BCUT2D eigenvalue weighted by Crippen LogP contribution is 2.20. The van der Waals surface area contributed by atoms with E-state index >= 15 is 0 Å². The summed E-state index contributed by atoms with van der Waals surface area (Å²) in [5, 5.41) is 0.780. The number of hydrogen-bond acceptors (Lipinski definition) is 4. The van der Waals surface area contributed by atoms with Crippen LogP contribution in [0.2, 0.25) is 5.02 Å². The molecule has 6 heteroatoms. The molecule has 0 aromatic heterocycles. The fourth-order valence-corrected chi connectivity index (χ4v) is 4.40. The fraction of sp³-hybridized carbons (Fsp3) is 0.458. The number of halogens is 1. The molecule has 0 saturated carbocycles. The standard InChI is InChI=1S/C24H31ClN4O/c1-2-26-11-17-29(18-12-26)24(30)21-5-3-20(4-6-21)19-27-13-15-28(16-14-27)23-9-7-22(25)8-10-23/h3-10H,2,11-19H2,1H3. The Labute approximate surface area is 184 Å². The molecule has 2 aromatic carbocycles. The zero-order chi connectivity index (χ0) is 20.9. The molecule has 0 bridgehead atoms. The summed E-state index contributed by atoms with van der Waals surface area (Å²) in [5.41, 5.74) is 3.31. The first-order valence-corrected chi connectivity index (χ1v) is 11.3. The zero-order valence-electron chi connectivity index (χ0n) is 17.8. The summed E-state index contributed by atoms with van der Waals surface area (Å²) < 4.78 is 0. The lowest BCUT2D eigenvalue weighted by Crippen LogP contribution is -2.48. The predicted molar refractivity (Wildman–Crippen MR) is 123 cm³/mol. The van der Waals surface area contributed by atoms with Gasteiger partial charge in [0.25, 0.3) is 5.91 Å². The number of benzene rings is 2. The van der Waals surface area contributed by atoms with Gasteiger partial charge in [0.1, 0.15) is 0 Å². The van der Waals surface area contributed by atoms with Crippen molar-refractivity contribution in [3.8, 4) is 0 Å². The minimum absolute atomic E-state index is 0.161. The van der Waals surface area contributed by atoms with Crippen molar-refractivity contribution in [2.75, 3.05) is 63.8 Å². The molecule has 2 aliphatic heterocycles. The van der Waals surface area contributed by atoms with E-state index in [9.17, 15) is 4.79 Å². The Balaban J connectivity index is 1.27. The van der Waals surface area contributed by atoms with Gasteiger partial charge < -0.3 is 14.7 Å². The average Bonchev–Trinajstić information content (AvgIpc) is 2.80. The molecular formula is C24H31ClN4O. The predicted octanol–water partition coefficient (Wildman–Crippen LogP) is 3.44. The smallest absolute Gasteiger partial charge is 0.253 e. The second-order valence-corrected chi connectivity index (χ2v) is 8.60. The summed E-state index contributed by atoms with van der Waals surface area (Å²) in [7, 11) is 0. The third-order valence-electron chi connectivity index (χ3n) is 6.28. The van der Waals surface area contributed by atoms with Crippen molar-refractivity contribution >= 4 is 23.2 Å². The lowest BCUT2D eigenvalue weighted by atomic mass is 10.1. The van der Waals surface area contributed by atoms with Gasteiger partial charge in [-0.25, -0.2) is 0 Å². The van der Waals surface area contributed by atoms with Crippen molar-refractivity contribution in [1.29, 1.82) is 0 Å². The molecule has 0 spiro atoms. The zero-order valence-corrected chi connectivity index (χ0v) is 18.5. The summed E-state index contributed by atoms with van der Waals surface area (Å²) in [6.45, 7) is 11.9. The minimum Gasteiger partial charge on any atom is -0.369 e. The van der Waals surface area contributed by atoms with Gasteiger partial charge in [0.2, 0.25) is 0 Å². The molecular weight excluding hydrogens is 396 g/mol. The van der Waals surface area contributed by atoms with Crippen molar-refractivity contribution in [3.05, 3.63) is 64.7 Å². The highest BCUT2D eigenvalue weighted by atomic mass is 35.5. The van der Waals surface area contributed by atoms with E-state index in [1.165, 1.54) is 11.3 Å². The Morgan fingerprint density at radius 2 is 1.40 bits per heavy atom. The van der Waals surface area contributed by atoms with Crippen LogP contribution in [0.1, 0.15) is 22.8 Å². The highest BCUT2D eigenvalue weighted by molar-refractivity contribution is 6.30.